The monoisotopic (exact) mass is 405 g/mol. The highest BCUT2D eigenvalue weighted by molar-refractivity contribution is 7.15. The Balaban J connectivity index is 2.42. The lowest BCUT2D eigenvalue weighted by Crippen LogP contribution is -2.41. The van der Waals surface area contributed by atoms with Crippen LogP contribution in [-0.4, -0.2) is 34.6 Å². The van der Waals surface area contributed by atoms with Gasteiger partial charge in [0.05, 0.1) is 10.6 Å². The summed E-state index contributed by atoms with van der Waals surface area (Å²) in [5.41, 5.74) is -0.134. The lowest BCUT2D eigenvalue weighted by atomic mass is 9.82. The highest BCUT2D eigenvalue weighted by Gasteiger charge is 2.33. The van der Waals surface area contributed by atoms with E-state index in [-0.39, 0.29) is 27.8 Å². The topological polar surface area (TPSA) is 94.9 Å². The Kier molecular flexibility index (Phi) is 6.89. The summed E-state index contributed by atoms with van der Waals surface area (Å²) in [6, 6.07) is 1.53. The quantitative estimate of drug-likeness (QED) is 0.720. The summed E-state index contributed by atoms with van der Waals surface area (Å²) in [5, 5.41) is 18.9. The molecule has 1 heterocycles. The van der Waals surface area contributed by atoms with Crippen molar-refractivity contribution in [1.29, 1.82) is 0 Å². The number of hydrogen-bond acceptors (Lipinski definition) is 4. The first-order valence-electron chi connectivity index (χ1n) is 9.41. The lowest BCUT2D eigenvalue weighted by Gasteiger charge is -2.30. The average molecular weight is 406 g/mol. The first-order chi connectivity index (χ1) is 13.0. The van der Waals surface area contributed by atoms with Crippen LogP contribution in [-0.2, 0) is 9.59 Å². The first-order valence-corrected chi connectivity index (χ1v) is 10.2. The summed E-state index contributed by atoms with van der Waals surface area (Å²) < 4.78 is 0. The third-order valence-electron chi connectivity index (χ3n) is 4.68. The summed E-state index contributed by atoms with van der Waals surface area (Å²) in [6.07, 6.45) is 3.21. The van der Waals surface area contributed by atoms with Crippen LogP contribution in [0.15, 0.2) is 6.07 Å². The van der Waals surface area contributed by atoms with Crippen LogP contribution >= 0.6 is 11.3 Å². The molecule has 0 saturated heterocycles. The van der Waals surface area contributed by atoms with Gasteiger partial charge in [0.1, 0.15) is 11.4 Å². The van der Waals surface area contributed by atoms with Gasteiger partial charge in [0.2, 0.25) is 5.91 Å². The number of carbonyl (C=O) groups is 3. The number of rotatable bonds is 5. The first kappa shape index (κ1) is 22.0. The Hall–Kier alpha value is -2.33. The van der Waals surface area contributed by atoms with Gasteiger partial charge in [0.15, 0.2) is 0 Å². The van der Waals surface area contributed by atoms with Crippen LogP contribution in [0.5, 0.6) is 0 Å². The minimum absolute atomic E-state index is 0.0583. The molecule has 1 amide bonds. The minimum Gasteiger partial charge on any atom is -0.480 e. The third-order valence-corrected chi connectivity index (χ3v) is 5.71. The van der Waals surface area contributed by atoms with Gasteiger partial charge in [-0.2, -0.15) is 0 Å². The molecule has 2 N–H and O–H groups in total. The lowest BCUT2D eigenvalue weighted by molar-refractivity contribution is -0.137. The van der Waals surface area contributed by atoms with Crippen molar-refractivity contribution in [2.24, 2.45) is 17.3 Å². The fourth-order valence-electron chi connectivity index (χ4n) is 3.19. The maximum absolute atomic E-state index is 13.1. The van der Waals surface area contributed by atoms with Crippen molar-refractivity contribution >= 4 is 34.9 Å². The van der Waals surface area contributed by atoms with Crippen LogP contribution in [0.2, 0.25) is 0 Å². The molecule has 0 spiro atoms. The van der Waals surface area contributed by atoms with E-state index in [1.165, 1.54) is 6.07 Å². The van der Waals surface area contributed by atoms with Gasteiger partial charge in [-0.25, -0.2) is 4.79 Å². The average Bonchev–Trinajstić information content (AvgIpc) is 3.01. The van der Waals surface area contributed by atoms with Gasteiger partial charge < -0.3 is 10.2 Å². The highest BCUT2D eigenvalue weighted by atomic mass is 32.1. The van der Waals surface area contributed by atoms with Crippen molar-refractivity contribution in [3.8, 4) is 11.8 Å². The number of carbonyl (C=O) groups excluding carboxylic acids is 1. The second-order valence-corrected chi connectivity index (χ2v) is 9.46. The van der Waals surface area contributed by atoms with Crippen LogP contribution in [0, 0.1) is 29.1 Å². The molecule has 0 unspecified atom stereocenters. The van der Waals surface area contributed by atoms with Gasteiger partial charge in [-0.05, 0) is 58.4 Å². The Morgan fingerprint density at radius 1 is 1.18 bits per heavy atom. The van der Waals surface area contributed by atoms with Crippen molar-refractivity contribution < 1.29 is 24.6 Å². The number of anilines is 1. The van der Waals surface area contributed by atoms with Crippen LogP contribution in [0.3, 0.4) is 0 Å². The Morgan fingerprint density at radius 2 is 1.79 bits per heavy atom. The molecule has 7 heteroatoms. The summed E-state index contributed by atoms with van der Waals surface area (Å²) in [6.45, 7) is 7.40. The fourth-order valence-corrected chi connectivity index (χ4v) is 4.04. The maximum atomic E-state index is 13.1. The number of amides is 1. The Morgan fingerprint density at radius 3 is 2.29 bits per heavy atom. The fraction of sp³-hybridized carbons (Fsp3) is 0.571. The normalized spacial score (nSPS) is 19.4. The Bertz CT molecular complexity index is 816. The van der Waals surface area contributed by atoms with Gasteiger partial charge >= 0.3 is 11.9 Å². The maximum Gasteiger partial charge on any atom is 0.348 e. The van der Waals surface area contributed by atoms with E-state index in [1.54, 1.807) is 0 Å². The number of carboxylic acids is 2. The second kappa shape index (κ2) is 8.78. The molecule has 2 rings (SSSR count). The molecule has 0 bridgehead atoms. The molecule has 6 nitrogen and oxygen atoms in total. The van der Waals surface area contributed by atoms with Crippen LogP contribution in [0.4, 0.5) is 5.69 Å². The molecule has 0 atom stereocenters. The molecule has 28 heavy (non-hydrogen) atoms. The van der Waals surface area contributed by atoms with Crippen molar-refractivity contribution in [3.05, 3.63) is 15.8 Å². The SMILES string of the molecule is CC1CCC(C(=O)N(CC(=O)O)c2cc(C#CC(C)(C)C)sc2C(=O)O)CC1. The number of thiophene rings is 1. The minimum atomic E-state index is -1.19. The molecule has 1 aliphatic carbocycles. The van der Waals surface area contributed by atoms with E-state index in [4.69, 9.17) is 0 Å². The molecule has 1 saturated carbocycles. The molecular weight excluding hydrogens is 378 g/mol. The summed E-state index contributed by atoms with van der Waals surface area (Å²) in [5.74, 6) is 3.58. The van der Waals surface area contributed by atoms with Gasteiger partial charge in [-0.1, -0.05) is 18.8 Å². The van der Waals surface area contributed by atoms with Crippen molar-refractivity contribution in [1.82, 2.24) is 0 Å². The van der Waals surface area contributed by atoms with Crippen molar-refractivity contribution in [2.45, 2.75) is 53.4 Å². The van der Waals surface area contributed by atoms with E-state index in [0.29, 0.717) is 23.6 Å². The van der Waals surface area contributed by atoms with Crippen LogP contribution < -0.4 is 4.90 Å². The van der Waals surface area contributed by atoms with E-state index in [0.717, 1.165) is 29.1 Å². The van der Waals surface area contributed by atoms with E-state index in [2.05, 4.69) is 18.8 Å². The number of carboxylic acid groups (broad SMARTS) is 2. The van der Waals surface area contributed by atoms with E-state index < -0.39 is 18.5 Å². The van der Waals surface area contributed by atoms with Crippen LogP contribution in [0.25, 0.3) is 0 Å². The number of aromatic carboxylic acids is 1. The second-order valence-electron chi connectivity index (χ2n) is 8.41. The summed E-state index contributed by atoms with van der Waals surface area (Å²) in [4.78, 5) is 37.8. The molecule has 1 fully saturated rings. The van der Waals surface area contributed by atoms with Gasteiger partial charge in [0.25, 0.3) is 0 Å². The van der Waals surface area contributed by atoms with E-state index in [1.807, 2.05) is 20.8 Å². The van der Waals surface area contributed by atoms with Gasteiger partial charge in [-0.15, -0.1) is 11.3 Å². The smallest absolute Gasteiger partial charge is 0.348 e. The number of aliphatic carboxylic acids is 1. The zero-order chi connectivity index (χ0) is 21.1. The van der Waals surface area contributed by atoms with Gasteiger partial charge in [-0.3, -0.25) is 14.5 Å². The Labute approximate surface area is 169 Å². The van der Waals surface area contributed by atoms with Crippen LogP contribution in [0.1, 0.15) is 67.9 Å². The zero-order valence-electron chi connectivity index (χ0n) is 16.7. The number of hydrogen-bond donors (Lipinski definition) is 2. The molecule has 1 aromatic rings. The molecular formula is C21H27NO5S. The molecule has 0 aromatic carbocycles. The molecule has 0 aliphatic heterocycles. The molecule has 1 aliphatic rings. The third kappa shape index (κ3) is 5.83. The van der Waals surface area contributed by atoms with E-state index >= 15 is 0 Å². The summed E-state index contributed by atoms with van der Waals surface area (Å²) >= 11 is 0.968. The highest BCUT2D eigenvalue weighted by Crippen LogP contribution is 2.35. The largest absolute Gasteiger partial charge is 0.480 e. The van der Waals surface area contributed by atoms with Gasteiger partial charge in [0, 0.05) is 11.3 Å². The predicted molar refractivity (Wildman–Crippen MR) is 109 cm³/mol. The molecule has 1 aromatic heterocycles. The molecule has 0 radical (unpaired) electrons. The number of nitrogens with zero attached hydrogens (tertiary/aromatic N) is 1. The summed E-state index contributed by atoms with van der Waals surface area (Å²) in [7, 11) is 0. The molecule has 152 valence electrons. The zero-order valence-corrected chi connectivity index (χ0v) is 17.6. The van der Waals surface area contributed by atoms with Crippen molar-refractivity contribution in [3.63, 3.8) is 0 Å². The van der Waals surface area contributed by atoms with Crippen molar-refractivity contribution in [2.75, 3.05) is 11.4 Å². The standard InChI is InChI=1S/C21H27NO5S/c1-13-5-7-14(8-6-13)19(25)22(12-17(23)24)16-11-15(9-10-21(2,3)4)28-18(16)20(26)27/h11,13-14H,5-8,12H2,1-4H3,(H,23,24)(H,26,27). The predicted octanol–water partition coefficient (Wildman–Crippen LogP) is 4.09. The van der Waals surface area contributed by atoms with E-state index in [9.17, 15) is 24.6 Å².